The minimum atomic E-state index is -0.200. The van der Waals surface area contributed by atoms with E-state index in [0.29, 0.717) is 10.2 Å². The van der Waals surface area contributed by atoms with Crippen molar-refractivity contribution in [1.29, 1.82) is 0 Å². The van der Waals surface area contributed by atoms with Gasteiger partial charge in [-0.2, -0.15) is 0 Å². The molecular formula is C13H12N2OS2. The highest BCUT2D eigenvalue weighted by atomic mass is 32.2. The highest BCUT2D eigenvalue weighted by molar-refractivity contribution is 7.98. The molecule has 0 aliphatic carbocycles. The molecule has 0 unspecified atom stereocenters. The lowest BCUT2D eigenvalue weighted by Crippen LogP contribution is -2.12. The summed E-state index contributed by atoms with van der Waals surface area (Å²) in [5.41, 5.74) is 1.23. The molecule has 18 heavy (non-hydrogen) atoms. The fourth-order valence-corrected chi connectivity index (χ4v) is 2.11. The van der Waals surface area contributed by atoms with Crippen LogP contribution in [-0.2, 0) is 0 Å². The first kappa shape index (κ1) is 12.9. The van der Waals surface area contributed by atoms with Gasteiger partial charge in [0.2, 0.25) is 0 Å². The minimum absolute atomic E-state index is 0.200. The number of aromatic amines is 1. The maximum atomic E-state index is 12.0. The van der Waals surface area contributed by atoms with Crippen molar-refractivity contribution in [3.05, 3.63) is 52.8 Å². The SMILES string of the molecule is CSc1ccc(NC(=O)c2ccc[nH]c2=S)cc1. The second kappa shape index (κ2) is 5.84. The van der Waals surface area contributed by atoms with E-state index in [1.165, 1.54) is 0 Å². The molecule has 2 aromatic rings. The summed E-state index contributed by atoms with van der Waals surface area (Å²) in [4.78, 5) is 16.0. The molecular weight excluding hydrogens is 264 g/mol. The van der Waals surface area contributed by atoms with Crippen molar-refractivity contribution >= 4 is 35.6 Å². The van der Waals surface area contributed by atoms with Crippen molar-refractivity contribution in [3.63, 3.8) is 0 Å². The van der Waals surface area contributed by atoms with Gasteiger partial charge in [0, 0.05) is 16.8 Å². The second-order valence-electron chi connectivity index (χ2n) is 3.60. The molecule has 1 aromatic carbocycles. The quantitative estimate of drug-likeness (QED) is 0.663. The first-order chi connectivity index (χ1) is 8.70. The van der Waals surface area contributed by atoms with Gasteiger partial charge in [-0.15, -0.1) is 11.8 Å². The molecule has 0 saturated carbocycles. The van der Waals surface area contributed by atoms with Crippen LogP contribution in [0.3, 0.4) is 0 Å². The van der Waals surface area contributed by atoms with E-state index in [-0.39, 0.29) is 5.91 Å². The number of hydrogen-bond donors (Lipinski definition) is 2. The highest BCUT2D eigenvalue weighted by Gasteiger charge is 2.07. The number of hydrogen-bond acceptors (Lipinski definition) is 3. The molecule has 1 heterocycles. The topological polar surface area (TPSA) is 44.9 Å². The molecule has 1 aromatic heterocycles. The number of anilines is 1. The molecule has 0 radical (unpaired) electrons. The Hall–Kier alpha value is -1.59. The molecule has 0 bridgehead atoms. The Kier molecular flexibility index (Phi) is 4.17. The van der Waals surface area contributed by atoms with Gasteiger partial charge in [0.15, 0.2) is 0 Å². The van der Waals surface area contributed by atoms with Gasteiger partial charge in [-0.25, -0.2) is 0 Å². The third-order valence-corrected chi connectivity index (χ3v) is 3.49. The number of carbonyl (C=O) groups is 1. The van der Waals surface area contributed by atoms with Crippen molar-refractivity contribution in [1.82, 2.24) is 4.98 Å². The molecule has 0 fully saturated rings. The number of carbonyl (C=O) groups excluding carboxylic acids is 1. The van der Waals surface area contributed by atoms with Crippen molar-refractivity contribution in [3.8, 4) is 0 Å². The third kappa shape index (κ3) is 3.00. The Morgan fingerprint density at radius 1 is 1.28 bits per heavy atom. The maximum absolute atomic E-state index is 12.0. The number of thioether (sulfide) groups is 1. The average molecular weight is 276 g/mol. The number of rotatable bonds is 3. The zero-order valence-corrected chi connectivity index (χ0v) is 11.4. The van der Waals surface area contributed by atoms with Gasteiger partial charge in [0.25, 0.3) is 5.91 Å². The van der Waals surface area contributed by atoms with Crippen molar-refractivity contribution in [2.24, 2.45) is 0 Å². The average Bonchev–Trinajstić information content (AvgIpc) is 2.40. The van der Waals surface area contributed by atoms with Gasteiger partial charge in [-0.3, -0.25) is 4.79 Å². The molecule has 0 atom stereocenters. The number of pyridine rings is 1. The van der Waals surface area contributed by atoms with E-state index >= 15 is 0 Å². The summed E-state index contributed by atoms with van der Waals surface area (Å²) in [5.74, 6) is -0.200. The van der Waals surface area contributed by atoms with Crippen LogP contribution in [-0.4, -0.2) is 17.1 Å². The zero-order valence-electron chi connectivity index (χ0n) is 9.77. The molecule has 92 valence electrons. The van der Waals surface area contributed by atoms with E-state index in [2.05, 4.69) is 10.3 Å². The number of benzene rings is 1. The Morgan fingerprint density at radius 3 is 2.61 bits per heavy atom. The smallest absolute Gasteiger partial charge is 0.258 e. The first-order valence-corrected chi connectivity index (χ1v) is 6.97. The van der Waals surface area contributed by atoms with Gasteiger partial charge in [0.1, 0.15) is 4.64 Å². The minimum Gasteiger partial charge on any atom is -0.352 e. The predicted octanol–water partition coefficient (Wildman–Crippen LogP) is 3.72. The fourth-order valence-electron chi connectivity index (χ4n) is 1.47. The normalized spacial score (nSPS) is 10.1. The molecule has 0 spiro atoms. The number of amides is 1. The summed E-state index contributed by atoms with van der Waals surface area (Å²) >= 11 is 6.73. The van der Waals surface area contributed by atoms with Crippen LogP contribution >= 0.6 is 24.0 Å². The molecule has 5 heteroatoms. The monoisotopic (exact) mass is 276 g/mol. The van der Waals surface area contributed by atoms with Gasteiger partial charge in [0.05, 0.1) is 5.56 Å². The largest absolute Gasteiger partial charge is 0.352 e. The molecule has 0 saturated heterocycles. The number of nitrogens with one attached hydrogen (secondary N) is 2. The van der Waals surface area contributed by atoms with Crippen molar-refractivity contribution in [2.45, 2.75) is 4.90 Å². The molecule has 0 aliphatic rings. The van der Waals surface area contributed by atoms with E-state index < -0.39 is 0 Å². The Bertz CT molecular complexity index is 605. The van der Waals surface area contributed by atoms with Crippen LogP contribution in [0.1, 0.15) is 10.4 Å². The van der Waals surface area contributed by atoms with E-state index in [9.17, 15) is 4.79 Å². The van der Waals surface area contributed by atoms with E-state index in [4.69, 9.17) is 12.2 Å². The lowest BCUT2D eigenvalue weighted by atomic mass is 10.2. The Labute approximate surface area is 115 Å². The van der Waals surface area contributed by atoms with Gasteiger partial charge in [-0.1, -0.05) is 12.2 Å². The van der Waals surface area contributed by atoms with Crippen molar-refractivity contribution < 1.29 is 4.79 Å². The highest BCUT2D eigenvalue weighted by Crippen LogP contribution is 2.18. The summed E-state index contributed by atoms with van der Waals surface area (Å²) in [6.07, 6.45) is 3.71. The van der Waals surface area contributed by atoms with Crippen LogP contribution in [0.25, 0.3) is 0 Å². The fraction of sp³-hybridized carbons (Fsp3) is 0.0769. The van der Waals surface area contributed by atoms with Crippen LogP contribution < -0.4 is 5.32 Å². The summed E-state index contributed by atoms with van der Waals surface area (Å²) in [5, 5.41) is 2.82. The number of H-pyrrole nitrogens is 1. The van der Waals surface area contributed by atoms with Gasteiger partial charge >= 0.3 is 0 Å². The molecule has 3 nitrogen and oxygen atoms in total. The first-order valence-electron chi connectivity index (χ1n) is 5.34. The van der Waals surface area contributed by atoms with Gasteiger partial charge in [-0.05, 0) is 42.7 Å². The lowest BCUT2D eigenvalue weighted by molar-refractivity contribution is 0.102. The maximum Gasteiger partial charge on any atom is 0.258 e. The second-order valence-corrected chi connectivity index (χ2v) is 4.88. The van der Waals surface area contributed by atoms with Crippen LogP contribution in [0.15, 0.2) is 47.5 Å². The van der Waals surface area contributed by atoms with Crippen molar-refractivity contribution in [2.75, 3.05) is 11.6 Å². The summed E-state index contributed by atoms with van der Waals surface area (Å²) in [6, 6.07) is 11.1. The van der Waals surface area contributed by atoms with Crippen LogP contribution in [0.2, 0.25) is 0 Å². The van der Waals surface area contributed by atoms with Crippen LogP contribution in [0, 0.1) is 4.64 Å². The number of aromatic nitrogens is 1. The van der Waals surface area contributed by atoms with Crippen LogP contribution in [0.5, 0.6) is 0 Å². The van der Waals surface area contributed by atoms with E-state index in [1.54, 1.807) is 30.1 Å². The van der Waals surface area contributed by atoms with Gasteiger partial charge < -0.3 is 10.3 Å². The lowest BCUT2D eigenvalue weighted by Gasteiger charge is -2.05. The standard InChI is InChI=1S/C13H12N2OS2/c1-18-10-6-4-9(5-7-10)15-12(16)11-3-2-8-14-13(11)17/h2-8H,1H3,(H,14,17)(H,15,16). The van der Waals surface area contributed by atoms with E-state index in [0.717, 1.165) is 10.6 Å². The zero-order chi connectivity index (χ0) is 13.0. The van der Waals surface area contributed by atoms with Crippen LogP contribution in [0.4, 0.5) is 5.69 Å². The summed E-state index contributed by atoms with van der Waals surface area (Å²) in [7, 11) is 0. The Morgan fingerprint density at radius 2 is 2.00 bits per heavy atom. The Balaban J connectivity index is 2.16. The molecule has 1 amide bonds. The third-order valence-electron chi connectivity index (χ3n) is 2.41. The summed E-state index contributed by atoms with van der Waals surface area (Å²) in [6.45, 7) is 0. The summed E-state index contributed by atoms with van der Waals surface area (Å²) < 4.78 is 0.440. The molecule has 2 N–H and O–H groups in total. The predicted molar refractivity (Wildman–Crippen MR) is 77.8 cm³/mol. The molecule has 0 aliphatic heterocycles. The molecule has 2 rings (SSSR count). The van der Waals surface area contributed by atoms with E-state index in [1.807, 2.05) is 30.5 Å².